The summed E-state index contributed by atoms with van der Waals surface area (Å²) in [7, 11) is 0. The van der Waals surface area contributed by atoms with E-state index in [2.05, 4.69) is 13.8 Å². The Kier molecular flexibility index (Phi) is 26.3. The van der Waals surface area contributed by atoms with E-state index in [0.29, 0.717) is 0 Å². The van der Waals surface area contributed by atoms with E-state index in [1.807, 2.05) is 0 Å². The molecule has 0 atom stereocenters. The molecule has 0 rings (SSSR count). The molecule has 0 saturated carbocycles. The molecule has 0 aliphatic carbocycles. The maximum Gasteiger partial charge on any atom is -0.0533 e. The minimum atomic E-state index is 0. The van der Waals surface area contributed by atoms with Crippen LogP contribution in [0.1, 0.15) is 58.8 Å². The lowest BCUT2D eigenvalue weighted by Gasteiger charge is -1.96. The summed E-state index contributed by atoms with van der Waals surface area (Å²) in [6, 6.07) is 0. The lowest BCUT2D eigenvalue weighted by Crippen LogP contribution is -3.00. The molecular weight excluding hydrogens is 158 g/mol. The van der Waals surface area contributed by atoms with Gasteiger partial charge in [0.2, 0.25) is 0 Å². The number of unbranched alkanes of at least 4 members (excludes halogenated alkanes) is 6. The Morgan fingerprint density at radius 1 is 0.636 bits per heavy atom. The van der Waals surface area contributed by atoms with E-state index in [-0.39, 0.29) is 18.6 Å². The van der Waals surface area contributed by atoms with Gasteiger partial charge in [0, 0.05) is 0 Å². The Hall–Kier alpha value is 0.250. The van der Waals surface area contributed by atoms with Crippen molar-refractivity contribution in [3.8, 4) is 0 Å². The molecule has 0 spiro atoms. The van der Waals surface area contributed by atoms with Crippen molar-refractivity contribution in [3.05, 3.63) is 0 Å². The molecule has 0 aliphatic heterocycles. The van der Waals surface area contributed by atoms with E-state index >= 15 is 0 Å². The van der Waals surface area contributed by atoms with Crippen molar-refractivity contribution in [2.75, 3.05) is 0 Å². The van der Waals surface area contributed by atoms with Gasteiger partial charge in [-0.1, -0.05) is 58.8 Å². The molecule has 0 amide bonds. The van der Waals surface area contributed by atoms with Gasteiger partial charge >= 0.3 is 0 Å². The van der Waals surface area contributed by atoms with Crippen LogP contribution in [0.4, 0.5) is 0 Å². The van der Waals surface area contributed by atoms with Crippen LogP contribution in [0, 0.1) is 0 Å². The summed E-state index contributed by atoms with van der Waals surface area (Å²) in [5.74, 6) is 0. The average Bonchev–Trinajstić information content (AvgIpc) is 1.89. The molecule has 1 nitrogen and oxygen atoms in total. The van der Waals surface area contributed by atoms with E-state index in [4.69, 9.17) is 0 Å². The van der Waals surface area contributed by atoms with Crippen LogP contribution in [-0.2, 0) is 0 Å². The van der Waals surface area contributed by atoms with Crippen LogP contribution in [0.25, 0.3) is 0 Å². The molecule has 0 aromatic heterocycles. The number of quaternary nitrogens is 1. The Morgan fingerprint density at radius 2 is 0.909 bits per heavy atom. The Morgan fingerprint density at radius 3 is 1.18 bits per heavy atom. The van der Waals surface area contributed by atoms with Crippen LogP contribution in [0.5, 0.6) is 0 Å². The second kappa shape index (κ2) is 16.7. The maximum atomic E-state index is 2.26. The van der Waals surface area contributed by atoms with Crippen molar-refractivity contribution in [2.24, 2.45) is 0 Å². The average molecular weight is 182 g/mol. The molecule has 0 aliphatic rings. The monoisotopic (exact) mass is 181 g/mol. The normalized spacial score (nSPS) is 8.18. The molecule has 0 bridgehead atoms. The smallest absolute Gasteiger partial charge is 0.0533 e. The lowest BCUT2D eigenvalue weighted by molar-refractivity contribution is -0.00000261. The van der Waals surface area contributed by atoms with Crippen molar-refractivity contribution in [1.82, 2.24) is 6.15 Å². The molecule has 0 unspecified atom stereocenters. The van der Waals surface area contributed by atoms with Crippen LogP contribution >= 0.6 is 0 Å². The van der Waals surface area contributed by atoms with Gasteiger partial charge in [-0.25, -0.2) is 0 Å². The van der Waals surface area contributed by atoms with Gasteiger partial charge in [-0.05, 0) is 0 Å². The van der Waals surface area contributed by atoms with Gasteiger partial charge in [-0.2, -0.15) is 0 Å². The van der Waals surface area contributed by atoms with Gasteiger partial charge in [-0.15, -0.1) is 0 Å². The zero-order valence-electron chi connectivity index (χ0n) is 8.33. The van der Waals surface area contributed by atoms with E-state index in [0.717, 1.165) is 0 Å². The highest BCUT2D eigenvalue weighted by molar-refractivity contribution is 4.41. The first-order valence-corrected chi connectivity index (χ1v) is 4.41. The molecular formula is C9H24ClN. The number of hydrogen-bond donors (Lipinski definition) is 1. The Labute approximate surface area is 77.9 Å². The van der Waals surface area contributed by atoms with Crippen LogP contribution in [0.15, 0.2) is 0 Å². The number of rotatable bonds is 6. The molecule has 0 aromatic carbocycles. The summed E-state index contributed by atoms with van der Waals surface area (Å²) in [5.41, 5.74) is 0. The summed E-state index contributed by atoms with van der Waals surface area (Å²) in [4.78, 5) is 0. The topological polar surface area (TPSA) is 36.5 Å². The minimum Gasteiger partial charge on any atom is -1.00 e. The summed E-state index contributed by atoms with van der Waals surface area (Å²) < 4.78 is 0. The summed E-state index contributed by atoms with van der Waals surface area (Å²) >= 11 is 0. The summed E-state index contributed by atoms with van der Waals surface area (Å²) in [6.45, 7) is 4.53. The van der Waals surface area contributed by atoms with Gasteiger partial charge < -0.3 is 18.6 Å². The van der Waals surface area contributed by atoms with E-state index in [9.17, 15) is 0 Å². The first kappa shape index (κ1) is 17.4. The largest absolute Gasteiger partial charge is 1.00 e. The highest BCUT2D eigenvalue weighted by Gasteiger charge is 1.85. The zero-order valence-corrected chi connectivity index (χ0v) is 9.08. The van der Waals surface area contributed by atoms with E-state index in [1.165, 1.54) is 44.9 Å². The molecule has 72 valence electrons. The van der Waals surface area contributed by atoms with Crippen LogP contribution in [0.2, 0.25) is 0 Å². The van der Waals surface area contributed by atoms with Crippen molar-refractivity contribution in [2.45, 2.75) is 58.8 Å². The molecule has 0 saturated heterocycles. The fraction of sp³-hybridized carbons (Fsp3) is 1.00. The van der Waals surface area contributed by atoms with Crippen molar-refractivity contribution >= 4 is 0 Å². The molecule has 2 heteroatoms. The summed E-state index contributed by atoms with van der Waals surface area (Å²) in [5, 5.41) is 0. The second-order valence-electron chi connectivity index (χ2n) is 2.77. The number of halogens is 1. The molecule has 0 fully saturated rings. The van der Waals surface area contributed by atoms with Crippen molar-refractivity contribution < 1.29 is 12.4 Å². The van der Waals surface area contributed by atoms with Crippen LogP contribution in [-0.4, -0.2) is 0 Å². The maximum absolute atomic E-state index is 2.26. The SMILES string of the molecule is CCCCCCCCC.[Cl-].[NH4+]. The molecule has 4 N–H and O–H groups in total. The predicted octanol–water partition coefficient (Wildman–Crippen LogP) is 1.14. The third-order valence-electron chi connectivity index (χ3n) is 1.71. The second-order valence-corrected chi connectivity index (χ2v) is 2.77. The lowest BCUT2D eigenvalue weighted by atomic mass is 10.1. The van der Waals surface area contributed by atoms with E-state index in [1.54, 1.807) is 0 Å². The highest BCUT2D eigenvalue weighted by Crippen LogP contribution is 2.05. The van der Waals surface area contributed by atoms with Gasteiger partial charge in [0.15, 0.2) is 0 Å². The fourth-order valence-corrected chi connectivity index (χ4v) is 1.03. The van der Waals surface area contributed by atoms with Crippen molar-refractivity contribution in [1.29, 1.82) is 0 Å². The Bertz CT molecular complexity index is 42.8. The van der Waals surface area contributed by atoms with Crippen LogP contribution in [0.3, 0.4) is 0 Å². The minimum absolute atomic E-state index is 0. The summed E-state index contributed by atoms with van der Waals surface area (Å²) in [6.07, 6.45) is 9.97. The molecule has 0 radical (unpaired) electrons. The van der Waals surface area contributed by atoms with Crippen LogP contribution < -0.4 is 18.6 Å². The molecule has 0 aromatic rings. The predicted molar refractivity (Wildman–Crippen MR) is 49.7 cm³/mol. The first-order chi connectivity index (χ1) is 4.41. The van der Waals surface area contributed by atoms with Gasteiger partial charge in [-0.3, -0.25) is 0 Å². The first-order valence-electron chi connectivity index (χ1n) is 4.41. The molecule has 0 heterocycles. The standard InChI is InChI=1S/C9H20.ClH.H3N/c1-3-5-7-9-8-6-4-2;;/h3-9H2,1-2H3;1H;1H3. The Balaban J connectivity index is -0.000000320. The third-order valence-corrected chi connectivity index (χ3v) is 1.71. The van der Waals surface area contributed by atoms with Crippen molar-refractivity contribution in [3.63, 3.8) is 0 Å². The fourth-order valence-electron chi connectivity index (χ4n) is 1.03. The zero-order chi connectivity index (χ0) is 6.95. The quantitative estimate of drug-likeness (QED) is 0.597. The van der Waals surface area contributed by atoms with Gasteiger partial charge in [0.05, 0.1) is 0 Å². The van der Waals surface area contributed by atoms with Gasteiger partial charge in [0.1, 0.15) is 0 Å². The number of hydrogen-bond acceptors (Lipinski definition) is 0. The highest BCUT2D eigenvalue weighted by atomic mass is 35.5. The third kappa shape index (κ3) is 17.9. The van der Waals surface area contributed by atoms with E-state index < -0.39 is 0 Å². The van der Waals surface area contributed by atoms with Gasteiger partial charge in [0.25, 0.3) is 0 Å². The molecule has 11 heavy (non-hydrogen) atoms.